The quantitative estimate of drug-likeness (QED) is 0.462. The normalized spacial score (nSPS) is 19.3. The molecule has 0 amide bonds. The number of benzene rings is 2. The number of nitrogens with one attached hydrogen (secondary N) is 2. The molecule has 2 N–H and O–H groups in total. The van der Waals surface area contributed by atoms with Crippen LogP contribution in [0.4, 0.5) is 0 Å². The van der Waals surface area contributed by atoms with E-state index in [1.165, 1.54) is 23.1 Å². The standard InChI is InChI=1S/C25H33ClN2O3S.ClH/c1-18(2)17-32(29,30)28-14-15-31-22-9-4-19-10-13-27-24(23(19)16-22)25(11-3-12-25)20-5-7-21(26)8-6-20;/h4-9,16,18,24,27-28H,3,10-15,17H2,1-2H3;1H. The lowest BCUT2D eigenvalue weighted by Gasteiger charge is -2.50. The van der Waals surface area contributed by atoms with Crippen molar-refractivity contribution in [2.24, 2.45) is 5.92 Å². The van der Waals surface area contributed by atoms with Gasteiger partial charge in [0, 0.05) is 23.0 Å². The number of fused-ring (bicyclic) bond motifs is 1. The van der Waals surface area contributed by atoms with Crippen LogP contribution in [0.3, 0.4) is 0 Å². The van der Waals surface area contributed by atoms with Crippen LogP contribution in [0.2, 0.25) is 5.02 Å². The van der Waals surface area contributed by atoms with Gasteiger partial charge in [0.05, 0.1) is 5.75 Å². The van der Waals surface area contributed by atoms with Crippen LogP contribution in [-0.4, -0.2) is 33.9 Å². The van der Waals surface area contributed by atoms with E-state index in [0.29, 0.717) is 6.61 Å². The molecule has 1 heterocycles. The monoisotopic (exact) mass is 512 g/mol. The van der Waals surface area contributed by atoms with Gasteiger partial charge in [0.15, 0.2) is 0 Å². The first-order chi connectivity index (χ1) is 15.3. The molecule has 1 unspecified atom stereocenters. The van der Waals surface area contributed by atoms with E-state index >= 15 is 0 Å². The molecule has 2 aromatic rings. The van der Waals surface area contributed by atoms with Crippen LogP contribution in [0.1, 0.15) is 55.8 Å². The second-order valence-electron chi connectivity index (χ2n) is 9.43. The molecule has 0 saturated heterocycles. The number of hydrogen-bond donors (Lipinski definition) is 2. The van der Waals surface area contributed by atoms with Crippen LogP contribution in [0.15, 0.2) is 42.5 Å². The van der Waals surface area contributed by atoms with Crippen LogP contribution < -0.4 is 14.8 Å². The van der Waals surface area contributed by atoms with Crippen molar-refractivity contribution in [1.82, 2.24) is 10.0 Å². The molecule has 1 aliphatic carbocycles. The van der Waals surface area contributed by atoms with Crippen molar-refractivity contribution in [3.05, 3.63) is 64.2 Å². The van der Waals surface area contributed by atoms with Crippen molar-refractivity contribution in [3.8, 4) is 5.75 Å². The first-order valence-electron chi connectivity index (χ1n) is 11.5. The summed E-state index contributed by atoms with van der Waals surface area (Å²) in [5.74, 6) is 1.01. The Labute approximate surface area is 209 Å². The van der Waals surface area contributed by atoms with Gasteiger partial charge in [-0.05, 0) is 72.7 Å². The lowest BCUT2D eigenvalue weighted by Crippen LogP contribution is -2.49. The molecule has 1 fully saturated rings. The Morgan fingerprint density at radius 3 is 2.55 bits per heavy atom. The Kier molecular flexibility index (Phi) is 8.73. The topological polar surface area (TPSA) is 67.4 Å². The fraction of sp³-hybridized carbons (Fsp3) is 0.520. The first kappa shape index (κ1) is 26.3. The third kappa shape index (κ3) is 6.04. The van der Waals surface area contributed by atoms with E-state index in [-0.39, 0.29) is 42.1 Å². The average Bonchev–Trinajstić information content (AvgIpc) is 2.71. The molecule has 8 heteroatoms. The molecular weight excluding hydrogens is 479 g/mol. The van der Waals surface area contributed by atoms with Crippen LogP contribution >= 0.6 is 24.0 Å². The van der Waals surface area contributed by atoms with E-state index in [0.717, 1.165) is 36.6 Å². The van der Waals surface area contributed by atoms with Gasteiger partial charge in [-0.2, -0.15) is 0 Å². The zero-order chi connectivity index (χ0) is 22.8. The van der Waals surface area contributed by atoms with Crippen molar-refractivity contribution in [1.29, 1.82) is 0 Å². The lowest BCUT2D eigenvalue weighted by atomic mass is 9.58. The number of hydrogen-bond acceptors (Lipinski definition) is 4. The van der Waals surface area contributed by atoms with Gasteiger partial charge in [0.25, 0.3) is 0 Å². The maximum atomic E-state index is 12.0. The summed E-state index contributed by atoms with van der Waals surface area (Å²) in [6.45, 7) is 5.32. The molecule has 33 heavy (non-hydrogen) atoms. The van der Waals surface area contributed by atoms with Gasteiger partial charge in [-0.1, -0.05) is 50.1 Å². The second kappa shape index (κ2) is 11.0. The van der Waals surface area contributed by atoms with Gasteiger partial charge in [-0.3, -0.25) is 0 Å². The highest BCUT2D eigenvalue weighted by Gasteiger charge is 2.47. The molecule has 182 valence electrons. The molecule has 1 atom stereocenters. The molecule has 2 aliphatic rings. The molecule has 5 nitrogen and oxygen atoms in total. The smallest absolute Gasteiger partial charge is 0.211 e. The van der Waals surface area contributed by atoms with Gasteiger partial charge >= 0.3 is 0 Å². The van der Waals surface area contributed by atoms with Crippen LogP contribution in [0.25, 0.3) is 0 Å². The Morgan fingerprint density at radius 1 is 1.18 bits per heavy atom. The van der Waals surface area contributed by atoms with Gasteiger partial charge in [-0.15, -0.1) is 12.4 Å². The Bertz CT molecular complexity index is 1040. The molecular formula is C25H34Cl2N2O3S. The third-order valence-corrected chi connectivity index (χ3v) is 8.64. The molecule has 0 spiro atoms. The van der Waals surface area contributed by atoms with E-state index in [1.807, 2.05) is 32.0 Å². The van der Waals surface area contributed by atoms with Crippen molar-refractivity contribution in [2.75, 3.05) is 25.4 Å². The zero-order valence-corrected chi connectivity index (χ0v) is 21.7. The highest BCUT2D eigenvalue weighted by atomic mass is 35.5. The summed E-state index contributed by atoms with van der Waals surface area (Å²) < 4.78 is 32.6. The maximum absolute atomic E-state index is 12.0. The molecule has 0 bridgehead atoms. The third-order valence-electron chi connectivity index (χ3n) is 6.63. The van der Waals surface area contributed by atoms with Crippen LogP contribution in [0.5, 0.6) is 5.75 Å². The lowest BCUT2D eigenvalue weighted by molar-refractivity contribution is 0.164. The summed E-state index contributed by atoms with van der Waals surface area (Å²) in [7, 11) is -3.26. The number of halogens is 2. The van der Waals surface area contributed by atoms with Crippen molar-refractivity contribution in [3.63, 3.8) is 0 Å². The summed E-state index contributed by atoms with van der Waals surface area (Å²) in [5, 5.41) is 4.55. The summed E-state index contributed by atoms with van der Waals surface area (Å²) in [5.41, 5.74) is 4.07. The number of rotatable bonds is 9. The minimum atomic E-state index is -3.26. The second-order valence-corrected chi connectivity index (χ2v) is 11.7. The van der Waals surface area contributed by atoms with Gasteiger partial charge in [0.1, 0.15) is 12.4 Å². The van der Waals surface area contributed by atoms with Gasteiger partial charge in [-0.25, -0.2) is 13.1 Å². The minimum Gasteiger partial charge on any atom is -0.492 e. The fourth-order valence-corrected chi connectivity index (χ4v) is 6.58. The Hall–Kier alpha value is -1.31. The first-order valence-corrected chi connectivity index (χ1v) is 13.5. The van der Waals surface area contributed by atoms with E-state index < -0.39 is 10.0 Å². The number of sulfonamides is 1. The van der Waals surface area contributed by atoms with E-state index in [1.54, 1.807) is 0 Å². The largest absolute Gasteiger partial charge is 0.492 e. The summed E-state index contributed by atoms with van der Waals surface area (Å²) in [4.78, 5) is 0. The van der Waals surface area contributed by atoms with Crippen LogP contribution in [-0.2, 0) is 21.9 Å². The summed E-state index contributed by atoms with van der Waals surface area (Å²) in [6, 6.07) is 14.8. The van der Waals surface area contributed by atoms with Crippen molar-refractivity contribution in [2.45, 2.75) is 51.0 Å². The van der Waals surface area contributed by atoms with Gasteiger partial charge < -0.3 is 10.1 Å². The number of ether oxygens (including phenoxy) is 1. The Balaban J connectivity index is 0.00000306. The van der Waals surface area contributed by atoms with Crippen molar-refractivity contribution >= 4 is 34.0 Å². The van der Waals surface area contributed by atoms with E-state index in [4.69, 9.17) is 16.3 Å². The van der Waals surface area contributed by atoms with E-state index in [9.17, 15) is 8.42 Å². The molecule has 1 aliphatic heterocycles. The summed E-state index contributed by atoms with van der Waals surface area (Å²) >= 11 is 6.15. The molecule has 0 aromatic heterocycles. The Morgan fingerprint density at radius 2 is 1.91 bits per heavy atom. The minimum absolute atomic E-state index is 0. The van der Waals surface area contributed by atoms with Crippen molar-refractivity contribution < 1.29 is 13.2 Å². The molecule has 4 rings (SSSR count). The summed E-state index contributed by atoms with van der Waals surface area (Å²) in [6.07, 6.45) is 4.52. The zero-order valence-electron chi connectivity index (χ0n) is 19.3. The molecule has 1 saturated carbocycles. The molecule has 0 radical (unpaired) electrons. The highest BCUT2D eigenvalue weighted by molar-refractivity contribution is 7.89. The predicted octanol–water partition coefficient (Wildman–Crippen LogP) is 5.02. The maximum Gasteiger partial charge on any atom is 0.211 e. The highest BCUT2D eigenvalue weighted by Crippen LogP contribution is 2.53. The van der Waals surface area contributed by atoms with Gasteiger partial charge in [0.2, 0.25) is 10.0 Å². The fourth-order valence-electron chi connectivity index (χ4n) is 5.06. The molecule has 2 aromatic carbocycles. The SMILES string of the molecule is CC(C)CS(=O)(=O)NCCOc1ccc2c(c1)C(C1(c3ccc(Cl)cc3)CCC1)NCC2.Cl. The predicted molar refractivity (Wildman–Crippen MR) is 137 cm³/mol. The van der Waals surface area contributed by atoms with E-state index in [2.05, 4.69) is 34.3 Å². The van der Waals surface area contributed by atoms with Crippen LogP contribution in [0, 0.1) is 5.92 Å². The average molecular weight is 514 g/mol.